The Morgan fingerprint density at radius 1 is 1.29 bits per heavy atom. The molecule has 0 aromatic heterocycles. The maximum absolute atomic E-state index is 11.4. The molecule has 0 saturated carbocycles. The van der Waals surface area contributed by atoms with Crippen molar-refractivity contribution in [1.82, 2.24) is 10.6 Å². The number of carbonyl (C=O) groups is 4. The number of hydrogen-bond donors (Lipinski definition) is 5. The van der Waals surface area contributed by atoms with Crippen LogP contribution in [0.5, 0.6) is 0 Å². The number of nitrogens with one attached hydrogen (secondary N) is 2. The van der Waals surface area contributed by atoms with Gasteiger partial charge in [-0.15, -0.1) is 0 Å². The summed E-state index contributed by atoms with van der Waals surface area (Å²) in [7, 11) is 0. The molecule has 0 aromatic rings. The summed E-state index contributed by atoms with van der Waals surface area (Å²) in [4.78, 5) is 43.8. The number of thioether (sulfide) groups is 1. The van der Waals surface area contributed by atoms with E-state index in [0.717, 1.165) is 11.8 Å². The molecule has 6 N–H and O–H groups in total. The number of amides is 2. The number of carboxylic acids is 1. The molecule has 0 bridgehead atoms. The number of hydrogen-bond acceptors (Lipinski definition) is 7. The largest absolute Gasteiger partial charge is 0.480 e. The normalized spacial score (nSPS) is 13.1. The van der Waals surface area contributed by atoms with Crippen molar-refractivity contribution in [1.29, 1.82) is 0 Å². The molecule has 10 heteroatoms. The van der Waals surface area contributed by atoms with Crippen LogP contribution in [0.2, 0.25) is 0 Å². The van der Waals surface area contributed by atoms with Crippen LogP contribution >= 0.6 is 11.8 Å². The Kier molecular flexibility index (Phi) is 9.34. The molecule has 0 rings (SSSR count). The van der Waals surface area contributed by atoms with Crippen LogP contribution in [0.4, 0.5) is 0 Å². The van der Waals surface area contributed by atoms with Crippen LogP contribution in [0.15, 0.2) is 0 Å². The topological polar surface area (TPSA) is 159 Å². The lowest BCUT2D eigenvalue weighted by Gasteiger charge is -2.12. The van der Waals surface area contributed by atoms with Crippen LogP contribution in [0.3, 0.4) is 0 Å². The molecule has 0 aliphatic rings. The highest BCUT2D eigenvalue weighted by atomic mass is 32.2. The summed E-state index contributed by atoms with van der Waals surface area (Å²) in [6.45, 7) is 1.60. The number of carboxylic acid groups (broad SMARTS) is 1. The van der Waals surface area contributed by atoms with Crippen molar-refractivity contribution in [3.05, 3.63) is 0 Å². The van der Waals surface area contributed by atoms with Crippen LogP contribution in [0.25, 0.3) is 0 Å². The van der Waals surface area contributed by atoms with E-state index < -0.39 is 29.3 Å². The average molecular weight is 321 g/mol. The van der Waals surface area contributed by atoms with Gasteiger partial charge in [-0.25, -0.2) is 0 Å². The number of nitrogens with two attached hydrogens (primary N) is 1. The summed E-state index contributed by atoms with van der Waals surface area (Å²) in [5.41, 5.74) is 5.21. The number of rotatable bonds is 9. The van der Waals surface area contributed by atoms with Gasteiger partial charge in [0.25, 0.3) is 0 Å². The minimum Gasteiger partial charge on any atom is -0.480 e. The Morgan fingerprint density at radius 3 is 2.43 bits per heavy atom. The first-order chi connectivity index (χ1) is 9.73. The van der Waals surface area contributed by atoms with Crippen LogP contribution < -0.4 is 16.4 Å². The van der Waals surface area contributed by atoms with Gasteiger partial charge >= 0.3 is 5.97 Å². The van der Waals surface area contributed by atoms with Gasteiger partial charge in [0.05, 0.1) is 0 Å². The summed E-state index contributed by atoms with van der Waals surface area (Å²) in [5, 5.41) is 21.8. The lowest BCUT2D eigenvalue weighted by Crippen LogP contribution is -2.41. The van der Waals surface area contributed by atoms with Crippen molar-refractivity contribution in [3.63, 3.8) is 0 Å². The van der Waals surface area contributed by atoms with Gasteiger partial charge in [0.1, 0.15) is 6.04 Å². The summed E-state index contributed by atoms with van der Waals surface area (Å²) < 4.78 is 0. The lowest BCUT2D eigenvalue weighted by molar-refractivity contribution is -0.139. The fourth-order valence-corrected chi connectivity index (χ4v) is 1.77. The van der Waals surface area contributed by atoms with Crippen molar-refractivity contribution in [2.45, 2.75) is 32.0 Å². The van der Waals surface area contributed by atoms with Crippen LogP contribution in [-0.2, 0) is 19.2 Å². The smallest absolute Gasteiger partial charge is 0.320 e. The minimum absolute atomic E-state index is 0.0995. The summed E-state index contributed by atoms with van der Waals surface area (Å²) >= 11 is 0.761. The van der Waals surface area contributed by atoms with Crippen LogP contribution in [-0.4, -0.2) is 57.7 Å². The predicted molar refractivity (Wildman–Crippen MR) is 75.1 cm³/mol. The molecule has 0 aromatic carbocycles. The molecular formula is C11H19N3O6S. The van der Waals surface area contributed by atoms with Gasteiger partial charge in [0, 0.05) is 25.6 Å². The number of aliphatic hydroxyl groups is 1. The highest BCUT2D eigenvalue weighted by Crippen LogP contribution is 2.04. The third kappa shape index (κ3) is 9.82. The van der Waals surface area contributed by atoms with E-state index in [9.17, 15) is 24.3 Å². The van der Waals surface area contributed by atoms with Gasteiger partial charge in [-0.05, 0) is 6.42 Å². The maximum atomic E-state index is 11.4. The van der Waals surface area contributed by atoms with E-state index in [0.29, 0.717) is 0 Å². The third-order valence-corrected chi connectivity index (χ3v) is 3.16. The first kappa shape index (κ1) is 19.4. The van der Waals surface area contributed by atoms with E-state index in [4.69, 9.17) is 10.8 Å². The Hall–Kier alpha value is -1.65. The second-order valence-corrected chi connectivity index (χ2v) is 5.20. The molecule has 0 saturated heterocycles. The van der Waals surface area contributed by atoms with E-state index in [1.807, 2.05) is 5.32 Å². The second kappa shape index (κ2) is 10.1. The zero-order valence-corrected chi connectivity index (χ0v) is 12.3. The number of aliphatic hydroxyl groups excluding tert-OH is 1. The summed E-state index contributed by atoms with van der Waals surface area (Å²) in [6.07, 6.45) is -1.99. The fourth-order valence-electron chi connectivity index (χ4n) is 1.15. The highest BCUT2D eigenvalue weighted by molar-refractivity contribution is 8.13. The molecule has 2 amide bonds. The third-order valence-electron chi connectivity index (χ3n) is 2.24. The van der Waals surface area contributed by atoms with E-state index >= 15 is 0 Å². The number of aliphatic carboxylic acids is 1. The van der Waals surface area contributed by atoms with Crippen LogP contribution in [0, 0.1) is 0 Å². The van der Waals surface area contributed by atoms with Gasteiger partial charge in [-0.2, -0.15) is 0 Å². The summed E-state index contributed by atoms with van der Waals surface area (Å²) in [5.74, 6) is -1.87. The first-order valence-corrected chi connectivity index (χ1v) is 7.09. The van der Waals surface area contributed by atoms with Crippen molar-refractivity contribution >= 4 is 34.7 Å². The zero-order chi connectivity index (χ0) is 16.4. The maximum Gasteiger partial charge on any atom is 0.320 e. The Morgan fingerprint density at radius 2 is 1.90 bits per heavy atom. The zero-order valence-electron chi connectivity index (χ0n) is 11.5. The van der Waals surface area contributed by atoms with Gasteiger partial charge in [-0.3, -0.25) is 19.2 Å². The molecule has 21 heavy (non-hydrogen) atoms. The van der Waals surface area contributed by atoms with Gasteiger partial charge in [0.2, 0.25) is 16.9 Å². The molecule has 0 heterocycles. The van der Waals surface area contributed by atoms with Gasteiger partial charge < -0.3 is 26.6 Å². The second-order valence-electron chi connectivity index (χ2n) is 4.10. The lowest BCUT2D eigenvalue weighted by atomic mass is 10.1. The first-order valence-electron chi connectivity index (χ1n) is 6.11. The molecule has 0 radical (unpaired) electrons. The van der Waals surface area contributed by atoms with Crippen molar-refractivity contribution in [2.75, 3.05) is 12.3 Å². The van der Waals surface area contributed by atoms with Crippen molar-refractivity contribution in [3.8, 4) is 0 Å². The van der Waals surface area contributed by atoms with Crippen molar-refractivity contribution < 1.29 is 29.4 Å². The standard InChI is InChI=1S/C11H19N3O6S/c1-6(15)13-4-5-21-11(20)9(17)14-8(16)3-2-7(12)10(18)19/h7,9,17H,2-5,12H2,1H3,(H,13,15)(H,14,16)(H,18,19)/t7-,9+/m0/s1. The van der Waals surface area contributed by atoms with E-state index in [-0.39, 0.29) is 31.0 Å². The minimum atomic E-state index is -1.68. The van der Waals surface area contributed by atoms with Gasteiger partial charge in [-0.1, -0.05) is 11.8 Å². The predicted octanol–water partition coefficient (Wildman–Crippen LogP) is -1.99. The van der Waals surface area contributed by atoms with E-state index in [2.05, 4.69) is 5.32 Å². The Bertz CT molecular complexity index is 403. The average Bonchev–Trinajstić information content (AvgIpc) is 2.40. The Balaban J connectivity index is 3.92. The molecule has 0 fully saturated rings. The monoisotopic (exact) mass is 321 g/mol. The van der Waals surface area contributed by atoms with E-state index in [1.54, 1.807) is 0 Å². The molecule has 0 aliphatic carbocycles. The Labute approximate surface area is 125 Å². The quantitative estimate of drug-likeness (QED) is 0.241. The highest BCUT2D eigenvalue weighted by Gasteiger charge is 2.19. The molecule has 0 aliphatic heterocycles. The molecule has 9 nitrogen and oxygen atoms in total. The summed E-state index contributed by atoms with van der Waals surface area (Å²) in [6, 6.07) is -1.17. The molecule has 0 unspecified atom stereocenters. The molecule has 0 spiro atoms. The molecule has 2 atom stereocenters. The molecule has 120 valence electrons. The van der Waals surface area contributed by atoms with Gasteiger partial charge in [0.15, 0.2) is 6.23 Å². The fraction of sp³-hybridized carbons (Fsp3) is 0.636. The number of carbonyl (C=O) groups excluding carboxylic acids is 3. The molecular weight excluding hydrogens is 302 g/mol. The van der Waals surface area contributed by atoms with E-state index in [1.165, 1.54) is 6.92 Å². The SMILES string of the molecule is CC(=O)NCCSC(=O)[C@@H](O)NC(=O)CC[C@H](N)C(=O)O. The van der Waals surface area contributed by atoms with Crippen LogP contribution in [0.1, 0.15) is 19.8 Å². The van der Waals surface area contributed by atoms with Crippen molar-refractivity contribution in [2.24, 2.45) is 5.73 Å².